The van der Waals surface area contributed by atoms with Crippen molar-refractivity contribution < 1.29 is 28.2 Å². The molecule has 142 valence electrons. The van der Waals surface area contributed by atoms with Crippen molar-refractivity contribution in [2.45, 2.75) is 50.4 Å². The zero-order chi connectivity index (χ0) is 18.4. The predicted octanol–water partition coefficient (Wildman–Crippen LogP) is 2.85. The average molecular weight is 367 g/mol. The largest absolute Gasteiger partial charge is 0.357 e. The van der Waals surface area contributed by atoms with Crippen molar-refractivity contribution >= 4 is 11.6 Å². The maximum Gasteiger partial charge on any atom is 0.357 e. The van der Waals surface area contributed by atoms with Gasteiger partial charge in [0, 0.05) is 25.1 Å². The number of alkyl halides is 2. The molecule has 0 atom stereocenters. The van der Waals surface area contributed by atoms with Crippen LogP contribution in [-0.4, -0.2) is 42.7 Å². The standard InChI is InChI=1S/C19H23F2NO4/c20-19(21,24)13-14-1-3-15(4-2-14)22-10-9-17(16(22)23)5-7-18(8-6-17)25-11-12-26-18/h1-4,24H,5-13H2. The van der Waals surface area contributed by atoms with Crippen molar-refractivity contribution in [3.8, 4) is 0 Å². The molecule has 2 heterocycles. The van der Waals surface area contributed by atoms with Gasteiger partial charge in [-0.2, -0.15) is 8.78 Å². The topological polar surface area (TPSA) is 59.0 Å². The van der Waals surface area contributed by atoms with E-state index >= 15 is 0 Å². The van der Waals surface area contributed by atoms with Crippen LogP contribution < -0.4 is 4.90 Å². The van der Waals surface area contributed by atoms with Gasteiger partial charge in [-0.1, -0.05) is 12.1 Å². The van der Waals surface area contributed by atoms with Crippen molar-refractivity contribution in [3.05, 3.63) is 29.8 Å². The van der Waals surface area contributed by atoms with Crippen molar-refractivity contribution in [1.29, 1.82) is 0 Å². The lowest BCUT2D eigenvalue weighted by atomic mass is 9.71. The number of carbonyl (C=O) groups is 1. The summed E-state index contributed by atoms with van der Waals surface area (Å²) in [6.45, 7) is 1.86. The molecular formula is C19H23F2NO4. The first-order valence-corrected chi connectivity index (χ1v) is 9.10. The molecule has 26 heavy (non-hydrogen) atoms. The lowest BCUT2D eigenvalue weighted by molar-refractivity contribution is -0.196. The van der Waals surface area contributed by atoms with E-state index in [0.29, 0.717) is 31.0 Å². The number of amides is 1. The molecule has 1 aliphatic carbocycles. The summed E-state index contributed by atoms with van der Waals surface area (Å²) in [6.07, 6.45) is -0.703. The molecule has 2 aliphatic heterocycles. The van der Waals surface area contributed by atoms with Crippen LogP contribution in [0.4, 0.5) is 14.5 Å². The Bertz CT molecular complexity index is 670. The Morgan fingerprint density at radius 1 is 1.04 bits per heavy atom. The van der Waals surface area contributed by atoms with Crippen molar-refractivity contribution in [1.82, 2.24) is 0 Å². The number of rotatable bonds is 3. The third kappa shape index (κ3) is 3.23. The number of hydrogen-bond donors (Lipinski definition) is 1. The quantitative estimate of drug-likeness (QED) is 0.893. The third-order valence-corrected chi connectivity index (χ3v) is 5.96. The van der Waals surface area contributed by atoms with E-state index in [9.17, 15) is 13.6 Å². The molecule has 1 saturated carbocycles. The molecule has 7 heteroatoms. The number of ether oxygens (including phenoxy) is 2. The maximum absolute atomic E-state index is 13.1. The smallest absolute Gasteiger partial charge is 0.348 e. The minimum absolute atomic E-state index is 0.102. The molecule has 1 aromatic carbocycles. The summed E-state index contributed by atoms with van der Waals surface area (Å²) in [7, 11) is 0. The lowest BCUT2D eigenvalue weighted by Gasteiger charge is -2.40. The molecule has 4 rings (SSSR count). The minimum Gasteiger partial charge on any atom is -0.348 e. The van der Waals surface area contributed by atoms with Crippen molar-refractivity contribution in [2.24, 2.45) is 5.41 Å². The van der Waals surface area contributed by atoms with Crippen molar-refractivity contribution in [2.75, 3.05) is 24.7 Å². The normalized spacial score (nSPS) is 24.7. The maximum atomic E-state index is 13.1. The van der Waals surface area contributed by atoms with E-state index in [2.05, 4.69) is 0 Å². The lowest BCUT2D eigenvalue weighted by Crippen LogP contribution is -2.44. The molecule has 0 aromatic heterocycles. The van der Waals surface area contributed by atoms with Crippen molar-refractivity contribution in [3.63, 3.8) is 0 Å². The zero-order valence-corrected chi connectivity index (χ0v) is 14.5. The zero-order valence-electron chi connectivity index (χ0n) is 14.5. The van der Waals surface area contributed by atoms with Crippen LogP contribution in [0, 0.1) is 5.41 Å². The predicted molar refractivity (Wildman–Crippen MR) is 89.8 cm³/mol. The van der Waals surface area contributed by atoms with Gasteiger partial charge in [-0.3, -0.25) is 4.79 Å². The van der Waals surface area contributed by atoms with Gasteiger partial charge in [0.15, 0.2) is 5.79 Å². The fraction of sp³-hybridized carbons (Fsp3) is 0.632. The average Bonchev–Trinajstić information content (AvgIpc) is 3.17. The van der Waals surface area contributed by atoms with E-state index in [1.54, 1.807) is 17.0 Å². The molecule has 2 spiro atoms. The van der Waals surface area contributed by atoms with Gasteiger partial charge in [0.25, 0.3) is 0 Å². The van der Waals surface area contributed by atoms with Crippen LogP contribution in [0.1, 0.15) is 37.7 Å². The van der Waals surface area contributed by atoms with Gasteiger partial charge in [-0.05, 0) is 37.0 Å². The monoisotopic (exact) mass is 367 g/mol. The van der Waals surface area contributed by atoms with Crippen LogP contribution in [0.3, 0.4) is 0 Å². The summed E-state index contributed by atoms with van der Waals surface area (Å²) in [5.41, 5.74) is 0.681. The molecule has 2 saturated heterocycles. The number of anilines is 1. The van der Waals surface area contributed by atoms with Gasteiger partial charge in [0.1, 0.15) is 0 Å². The highest BCUT2D eigenvalue weighted by Gasteiger charge is 2.53. The number of nitrogens with zero attached hydrogens (tertiary/aromatic N) is 1. The summed E-state index contributed by atoms with van der Waals surface area (Å²) in [6, 6.07) is 6.42. The summed E-state index contributed by atoms with van der Waals surface area (Å²) >= 11 is 0. The first-order chi connectivity index (χ1) is 12.3. The third-order valence-electron chi connectivity index (χ3n) is 5.96. The SMILES string of the molecule is O=C1N(c2ccc(CC(O)(F)F)cc2)CCC12CCC1(CC2)OCCO1. The molecule has 3 fully saturated rings. The summed E-state index contributed by atoms with van der Waals surface area (Å²) in [5, 5.41) is 8.63. The van der Waals surface area contributed by atoms with Gasteiger partial charge in [0.05, 0.1) is 25.0 Å². The molecule has 0 bridgehead atoms. The Balaban J connectivity index is 1.44. The molecule has 1 amide bonds. The van der Waals surface area contributed by atoms with E-state index < -0.39 is 18.3 Å². The summed E-state index contributed by atoms with van der Waals surface area (Å²) in [5.74, 6) is -0.388. The number of benzene rings is 1. The summed E-state index contributed by atoms with van der Waals surface area (Å²) < 4.78 is 36.9. The van der Waals surface area contributed by atoms with Crippen LogP contribution >= 0.6 is 0 Å². The van der Waals surface area contributed by atoms with E-state index in [1.807, 2.05) is 0 Å². The fourth-order valence-corrected chi connectivity index (χ4v) is 4.47. The highest BCUT2D eigenvalue weighted by Crippen LogP contribution is 2.50. The number of aliphatic hydroxyl groups is 1. The molecule has 0 unspecified atom stereocenters. The Morgan fingerprint density at radius 2 is 1.65 bits per heavy atom. The first-order valence-electron chi connectivity index (χ1n) is 9.10. The Kier molecular flexibility index (Phi) is 4.28. The Morgan fingerprint density at radius 3 is 2.23 bits per heavy atom. The van der Waals surface area contributed by atoms with Gasteiger partial charge in [-0.25, -0.2) is 0 Å². The van der Waals surface area contributed by atoms with E-state index in [0.717, 1.165) is 32.1 Å². The molecular weight excluding hydrogens is 344 g/mol. The second kappa shape index (κ2) is 6.25. The minimum atomic E-state index is -3.72. The highest BCUT2D eigenvalue weighted by molar-refractivity contribution is 6.00. The van der Waals surface area contributed by atoms with Crippen LogP contribution in [0.2, 0.25) is 0 Å². The van der Waals surface area contributed by atoms with Gasteiger partial charge >= 0.3 is 6.11 Å². The molecule has 1 aromatic rings. The second-order valence-corrected chi connectivity index (χ2v) is 7.60. The van der Waals surface area contributed by atoms with E-state index in [1.165, 1.54) is 12.1 Å². The molecule has 0 radical (unpaired) electrons. The second-order valence-electron chi connectivity index (χ2n) is 7.60. The van der Waals surface area contributed by atoms with Crippen LogP contribution in [0.15, 0.2) is 24.3 Å². The van der Waals surface area contributed by atoms with Crippen LogP contribution in [-0.2, 0) is 20.7 Å². The van der Waals surface area contributed by atoms with Crippen LogP contribution in [0.5, 0.6) is 0 Å². The summed E-state index contributed by atoms with van der Waals surface area (Å²) in [4.78, 5) is 14.8. The molecule has 1 N–H and O–H groups in total. The van der Waals surface area contributed by atoms with E-state index in [4.69, 9.17) is 14.6 Å². The Labute approximate surface area is 150 Å². The van der Waals surface area contributed by atoms with Gasteiger partial charge in [0.2, 0.25) is 5.91 Å². The number of halogens is 2. The van der Waals surface area contributed by atoms with Gasteiger partial charge in [-0.15, -0.1) is 0 Å². The van der Waals surface area contributed by atoms with Gasteiger partial charge < -0.3 is 19.5 Å². The Hall–Kier alpha value is -1.57. The molecule has 5 nitrogen and oxygen atoms in total. The highest BCUT2D eigenvalue weighted by atomic mass is 19.3. The van der Waals surface area contributed by atoms with E-state index in [-0.39, 0.29) is 11.3 Å². The number of carbonyl (C=O) groups excluding carboxylic acids is 1. The number of hydrogen-bond acceptors (Lipinski definition) is 4. The molecule has 3 aliphatic rings. The first kappa shape index (κ1) is 17.8. The fourth-order valence-electron chi connectivity index (χ4n) is 4.47. The van der Waals surface area contributed by atoms with Crippen LogP contribution in [0.25, 0.3) is 0 Å².